The average molecular weight is 306 g/mol. The van der Waals surface area contributed by atoms with Gasteiger partial charge in [0.2, 0.25) is 0 Å². The molecule has 124 valence electrons. The van der Waals surface area contributed by atoms with Gasteiger partial charge in [0.1, 0.15) is 0 Å². The normalized spacial score (nSPS) is 57.6. The lowest BCUT2D eigenvalue weighted by atomic mass is 9.47. The Hall–Kier alpha value is -0.380. The second-order valence-corrected chi connectivity index (χ2v) is 8.92. The summed E-state index contributed by atoms with van der Waals surface area (Å²) in [5, 5.41) is 31.3. The van der Waals surface area contributed by atoms with Crippen molar-refractivity contribution in [1.82, 2.24) is 0 Å². The van der Waals surface area contributed by atoms with Crippen LogP contribution >= 0.6 is 0 Å². The van der Waals surface area contributed by atoms with Gasteiger partial charge in [-0.15, -0.1) is 0 Å². The number of fused-ring (bicyclic) bond motifs is 5. The summed E-state index contributed by atoms with van der Waals surface area (Å²) in [6.45, 7) is 4.60. The fourth-order valence-corrected chi connectivity index (χ4v) is 6.60. The molecule has 3 fully saturated rings. The van der Waals surface area contributed by atoms with Gasteiger partial charge in [-0.3, -0.25) is 0 Å². The molecule has 0 aromatic rings. The van der Waals surface area contributed by atoms with Crippen LogP contribution in [0.3, 0.4) is 0 Å². The van der Waals surface area contributed by atoms with Crippen LogP contribution in [-0.4, -0.2) is 33.6 Å². The maximum Gasteiger partial charge on any atom is 0.0757 e. The van der Waals surface area contributed by atoms with E-state index in [9.17, 15) is 15.3 Å². The molecule has 3 heteroatoms. The molecule has 0 spiro atoms. The molecule has 8 atom stereocenters. The molecule has 0 heterocycles. The maximum atomic E-state index is 10.9. The monoisotopic (exact) mass is 306 g/mol. The van der Waals surface area contributed by atoms with Gasteiger partial charge in [-0.2, -0.15) is 0 Å². The van der Waals surface area contributed by atoms with E-state index in [4.69, 9.17) is 0 Å². The van der Waals surface area contributed by atoms with Gasteiger partial charge in [-0.25, -0.2) is 0 Å². The van der Waals surface area contributed by atoms with E-state index in [1.54, 1.807) is 0 Å². The quantitative estimate of drug-likeness (QED) is 0.603. The van der Waals surface area contributed by atoms with Crippen LogP contribution in [0.1, 0.15) is 58.8 Å². The summed E-state index contributed by atoms with van der Waals surface area (Å²) in [6, 6.07) is 0. The molecular weight excluding hydrogens is 276 g/mol. The summed E-state index contributed by atoms with van der Waals surface area (Å²) < 4.78 is 0. The van der Waals surface area contributed by atoms with E-state index in [2.05, 4.69) is 19.9 Å². The van der Waals surface area contributed by atoms with Crippen LogP contribution in [0.4, 0.5) is 0 Å². The predicted octanol–water partition coefficient (Wildman–Crippen LogP) is 2.64. The zero-order chi connectivity index (χ0) is 15.7. The van der Waals surface area contributed by atoms with Gasteiger partial charge in [-0.05, 0) is 73.5 Å². The number of hydrogen-bond donors (Lipinski definition) is 3. The molecular formula is C19H30O3. The van der Waals surface area contributed by atoms with Gasteiger partial charge in [0.25, 0.3) is 0 Å². The molecule has 0 bridgehead atoms. The molecule has 0 aromatic heterocycles. The first-order valence-corrected chi connectivity index (χ1v) is 9.11. The van der Waals surface area contributed by atoms with Gasteiger partial charge in [0, 0.05) is 0 Å². The van der Waals surface area contributed by atoms with E-state index in [0.717, 1.165) is 44.9 Å². The van der Waals surface area contributed by atoms with Crippen LogP contribution in [0.5, 0.6) is 0 Å². The molecule has 0 radical (unpaired) electrons. The molecule has 4 rings (SSSR count). The Labute approximate surface area is 133 Å². The largest absolute Gasteiger partial charge is 0.393 e. The highest BCUT2D eigenvalue weighted by Gasteiger charge is 2.60. The molecule has 3 nitrogen and oxygen atoms in total. The first kappa shape index (κ1) is 15.2. The van der Waals surface area contributed by atoms with E-state index in [1.165, 1.54) is 5.57 Å². The fourth-order valence-electron chi connectivity index (χ4n) is 6.60. The number of rotatable bonds is 0. The molecule has 4 aliphatic rings. The smallest absolute Gasteiger partial charge is 0.0757 e. The molecule has 0 saturated heterocycles. The third-order valence-corrected chi connectivity index (χ3v) is 8.05. The molecule has 3 N–H and O–H groups in total. The van der Waals surface area contributed by atoms with Crippen molar-refractivity contribution in [3.05, 3.63) is 11.6 Å². The third kappa shape index (κ3) is 1.85. The van der Waals surface area contributed by atoms with Gasteiger partial charge in [0.15, 0.2) is 0 Å². The van der Waals surface area contributed by atoms with E-state index in [1.807, 2.05) is 0 Å². The van der Waals surface area contributed by atoms with Crippen LogP contribution in [-0.2, 0) is 0 Å². The lowest BCUT2D eigenvalue weighted by molar-refractivity contribution is -0.105. The lowest BCUT2D eigenvalue weighted by Crippen LogP contribution is -2.55. The van der Waals surface area contributed by atoms with Gasteiger partial charge in [-0.1, -0.05) is 25.5 Å². The summed E-state index contributed by atoms with van der Waals surface area (Å²) in [7, 11) is 0. The Morgan fingerprint density at radius 1 is 0.955 bits per heavy atom. The first-order chi connectivity index (χ1) is 10.4. The molecule has 4 unspecified atom stereocenters. The number of hydrogen-bond acceptors (Lipinski definition) is 3. The Balaban J connectivity index is 1.73. The minimum absolute atomic E-state index is 0.00195. The summed E-state index contributed by atoms with van der Waals surface area (Å²) in [5.74, 6) is 1.25. The Morgan fingerprint density at radius 3 is 2.50 bits per heavy atom. The molecule has 0 aliphatic heterocycles. The minimum Gasteiger partial charge on any atom is -0.393 e. The highest BCUT2D eigenvalue weighted by atomic mass is 16.3. The highest BCUT2D eigenvalue weighted by molar-refractivity contribution is 5.27. The van der Waals surface area contributed by atoms with E-state index >= 15 is 0 Å². The molecule has 3 saturated carbocycles. The standard InChI is InChI=1S/C19H30O3/c1-18-7-5-12(20)9-11(18)10-15(21)17-13-3-4-16(22)19(13,2)8-6-14(17)18/h10,12-17,20-22H,3-9H2,1-2H3/t12-,13?,14?,15?,16-,17?,18-,19-/m0/s1. The first-order valence-electron chi connectivity index (χ1n) is 9.11. The fraction of sp³-hybridized carbons (Fsp3) is 0.895. The van der Waals surface area contributed by atoms with Crippen molar-refractivity contribution >= 4 is 0 Å². The third-order valence-electron chi connectivity index (χ3n) is 8.05. The van der Waals surface area contributed by atoms with Gasteiger partial charge >= 0.3 is 0 Å². The summed E-state index contributed by atoms with van der Waals surface area (Å²) >= 11 is 0. The second kappa shape index (κ2) is 4.81. The topological polar surface area (TPSA) is 60.7 Å². The Bertz CT molecular complexity index is 501. The van der Waals surface area contributed by atoms with Crippen molar-refractivity contribution in [2.75, 3.05) is 0 Å². The SMILES string of the molecule is C[C@]12CC[C@H](O)CC1=CC(O)C1C2CC[C@@]2(C)C1CC[C@@H]2O. The molecule has 22 heavy (non-hydrogen) atoms. The summed E-state index contributed by atoms with van der Waals surface area (Å²) in [6.07, 6.45) is 8.05. The van der Waals surface area contributed by atoms with Crippen molar-refractivity contribution in [1.29, 1.82) is 0 Å². The van der Waals surface area contributed by atoms with Crippen molar-refractivity contribution < 1.29 is 15.3 Å². The van der Waals surface area contributed by atoms with E-state index in [-0.39, 0.29) is 23.0 Å². The van der Waals surface area contributed by atoms with Crippen LogP contribution < -0.4 is 0 Å². The van der Waals surface area contributed by atoms with Crippen molar-refractivity contribution in [3.63, 3.8) is 0 Å². The summed E-state index contributed by atoms with van der Waals surface area (Å²) in [4.78, 5) is 0. The maximum absolute atomic E-state index is 10.9. The van der Waals surface area contributed by atoms with Gasteiger partial charge in [0.05, 0.1) is 18.3 Å². The second-order valence-electron chi connectivity index (χ2n) is 8.92. The van der Waals surface area contributed by atoms with Crippen LogP contribution in [0.15, 0.2) is 11.6 Å². The minimum atomic E-state index is -0.395. The van der Waals surface area contributed by atoms with Crippen molar-refractivity contribution in [2.45, 2.75) is 77.1 Å². The van der Waals surface area contributed by atoms with Crippen LogP contribution in [0.25, 0.3) is 0 Å². The van der Waals surface area contributed by atoms with Crippen LogP contribution in [0, 0.1) is 28.6 Å². The van der Waals surface area contributed by atoms with E-state index in [0.29, 0.717) is 17.8 Å². The Morgan fingerprint density at radius 2 is 1.73 bits per heavy atom. The molecule has 0 aromatic carbocycles. The average Bonchev–Trinajstić information content (AvgIpc) is 2.77. The van der Waals surface area contributed by atoms with Crippen molar-refractivity contribution in [2.24, 2.45) is 28.6 Å². The number of aliphatic hydroxyl groups excluding tert-OH is 3. The summed E-state index contributed by atoms with van der Waals surface area (Å²) in [5.41, 5.74) is 1.44. The molecule has 4 aliphatic carbocycles. The lowest BCUT2D eigenvalue weighted by Gasteiger charge is -2.58. The zero-order valence-corrected chi connectivity index (χ0v) is 13.8. The van der Waals surface area contributed by atoms with Crippen LogP contribution in [0.2, 0.25) is 0 Å². The Kier molecular flexibility index (Phi) is 3.32. The van der Waals surface area contributed by atoms with Gasteiger partial charge < -0.3 is 15.3 Å². The van der Waals surface area contributed by atoms with E-state index < -0.39 is 6.10 Å². The molecule has 0 amide bonds. The number of aliphatic hydroxyl groups is 3. The predicted molar refractivity (Wildman–Crippen MR) is 85.1 cm³/mol. The van der Waals surface area contributed by atoms with Crippen molar-refractivity contribution in [3.8, 4) is 0 Å². The zero-order valence-electron chi connectivity index (χ0n) is 13.8. The highest BCUT2D eigenvalue weighted by Crippen LogP contribution is 2.64.